The summed E-state index contributed by atoms with van der Waals surface area (Å²) in [5, 5.41) is 0.211. The summed E-state index contributed by atoms with van der Waals surface area (Å²) in [5.74, 6) is 0.192. The molecule has 0 saturated heterocycles. The lowest BCUT2D eigenvalue weighted by molar-refractivity contribution is 0.320. The molecule has 168 valence electrons. The normalized spacial score (nSPS) is 10.9. The number of ether oxygens (including phenoxy) is 1. The number of pyridine rings is 1. The maximum Gasteiger partial charge on any atom is 0.221 e. The first-order chi connectivity index (χ1) is 15.9. The minimum atomic E-state index is -0.590. The fraction of sp³-hybridized carbons (Fsp3) is 0.160. The van der Waals surface area contributed by atoms with E-state index < -0.39 is 5.82 Å². The zero-order valence-corrected chi connectivity index (χ0v) is 19.4. The van der Waals surface area contributed by atoms with Crippen LogP contribution in [0.4, 0.5) is 10.3 Å². The van der Waals surface area contributed by atoms with Crippen molar-refractivity contribution < 1.29 is 9.13 Å². The third-order valence-electron chi connectivity index (χ3n) is 5.10. The number of benzene rings is 2. The van der Waals surface area contributed by atoms with Crippen LogP contribution < -0.4 is 10.5 Å². The fourth-order valence-electron chi connectivity index (χ4n) is 3.28. The molecule has 4 rings (SSSR count). The first kappa shape index (κ1) is 23.0. The molecule has 0 spiro atoms. The number of anilines is 1. The Morgan fingerprint density at radius 2 is 1.70 bits per heavy atom. The highest BCUT2D eigenvalue weighted by Crippen LogP contribution is 2.33. The van der Waals surface area contributed by atoms with Gasteiger partial charge in [-0.25, -0.2) is 14.4 Å². The molecule has 0 aliphatic carbocycles. The zero-order valence-electron chi connectivity index (χ0n) is 17.9. The van der Waals surface area contributed by atoms with Gasteiger partial charge in [-0.1, -0.05) is 36.2 Å². The zero-order chi connectivity index (χ0) is 23.4. The second-order valence-corrected chi connectivity index (χ2v) is 8.19. The van der Waals surface area contributed by atoms with E-state index in [9.17, 15) is 4.39 Å². The summed E-state index contributed by atoms with van der Waals surface area (Å²) >= 11 is 12.0. The molecule has 0 fully saturated rings. The molecule has 4 aromatic rings. The van der Waals surface area contributed by atoms with E-state index in [1.165, 1.54) is 17.7 Å². The number of nitrogens with zero attached hydrogens (tertiary/aromatic N) is 3. The Morgan fingerprint density at radius 3 is 2.39 bits per heavy atom. The van der Waals surface area contributed by atoms with E-state index in [1.54, 1.807) is 6.07 Å². The van der Waals surface area contributed by atoms with Gasteiger partial charge in [0.1, 0.15) is 11.6 Å². The van der Waals surface area contributed by atoms with E-state index in [2.05, 4.69) is 27.9 Å². The summed E-state index contributed by atoms with van der Waals surface area (Å²) in [6.07, 6.45) is 3.59. The summed E-state index contributed by atoms with van der Waals surface area (Å²) in [6.45, 7) is 2.62. The van der Waals surface area contributed by atoms with Gasteiger partial charge in [-0.05, 0) is 60.5 Å². The lowest BCUT2D eigenvalue weighted by atomic mass is 10.1. The summed E-state index contributed by atoms with van der Waals surface area (Å²) in [7, 11) is 0. The number of hydrogen-bond donors (Lipinski definition) is 1. The third-order valence-corrected chi connectivity index (χ3v) is 5.70. The number of nitrogens with two attached hydrogens (primary N) is 1. The molecule has 0 atom stereocenters. The Balaban J connectivity index is 1.48. The van der Waals surface area contributed by atoms with Crippen LogP contribution in [0.1, 0.15) is 18.2 Å². The van der Waals surface area contributed by atoms with E-state index >= 15 is 0 Å². The van der Waals surface area contributed by atoms with Gasteiger partial charge in [-0.3, -0.25) is 4.98 Å². The van der Waals surface area contributed by atoms with Crippen molar-refractivity contribution in [1.82, 2.24) is 15.0 Å². The highest BCUT2D eigenvalue weighted by molar-refractivity contribution is 6.36. The lowest BCUT2D eigenvalue weighted by Gasteiger charge is -2.10. The first-order valence-electron chi connectivity index (χ1n) is 10.4. The number of halogens is 3. The van der Waals surface area contributed by atoms with Gasteiger partial charge < -0.3 is 10.5 Å². The van der Waals surface area contributed by atoms with Crippen LogP contribution in [0, 0.1) is 5.82 Å². The van der Waals surface area contributed by atoms with E-state index in [0.717, 1.165) is 29.8 Å². The van der Waals surface area contributed by atoms with Gasteiger partial charge in [0.05, 0.1) is 28.0 Å². The predicted octanol–water partition coefficient (Wildman–Crippen LogP) is 6.42. The van der Waals surface area contributed by atoms with Crippen molar-refractivity contribution in [2.45, 2.75) is 19.8 Å². The summed E-state index contributed by atoms with van der Waals surface area (Å²) < 4.78 is 19.8. The standard InChI is InChI=1S/C25H21Cl2FN4O/c1-2-15-3-6-17(30-14-15)9-10-33-18-7-4-16(5-8-18)23-13-24(32-25(29)31-23)19-11-22(28)21(27)12-20(19)26/h3-8,11-14H,2,9-10H2,1H3,(H2,29,31,32). The van der Waals surface area contributed by atoms with Crippen LogP contribution in [-0.2, 0) is 12.8 Å². The second kappa shape index (κ2) is 10.1. The molecule has 33 heavy (non-hydrogen) atoms. The molecule has 2 aromatic carbocycles. The fourth-order valence-corrected chi connectivity index (χ4v) is 3.76. The predicted molar refractivity (Wildman–Crippen MR) is 130 cm³/mol. The smallest absolute Gasteiger partial charge is 0.221 e. The Morgan fingerprint density at radius 1 is 0.939 bits per heavy atom. The topological polar surface area (TPSA) is 73.9 Å². The molecule has 0 saturated carbocycles. The van der Waals surface area contributed by atoms with Crippen molar-refractivity contribution in [2.24, 2.45) is 0 Å². The lowest BCUT2D eigenvalue weighted by Crippen LogP contribution is -2.03. The van der Waals surface area contributed by atoms with Gasteiger partial charge in [0, 0.05) is 29.4 Å². The molecule has 0 aliphatic rings. The van der Waals surface area contributed by atoms with Gasteiger partial charge in [0.15, 0.2) is 0 Å². The largest absolute Gasteiger partial charge is 0.493 e. The van der Waals surface area contributed by atoms with Crippen LogP contribution >= 0.6 is 23.2 Å². The minimum Gasteiger partial charge on any atom is -0.493 e. The Hall–Kier alpha value is -3.22. The van der Waals surface area contributed by atoms with Gasteiger partial charge in [0.2, 0.25) is 5.95 Å². The van der Waals surface area contributed by atoms with E-state index in [4.69, 9.17) is 33.7 Å². The van der Waals surface area contributed by atoms with Gasteiger partial charge in [-0.15, -0.1) is 0 Å². The Bertz CT molecular complexity index is 1260. The number of aryl methyl sites for hydroxylation is 1. The summed E-state index contributed by atoms with van der Waals surface area (Å²) in [6, 6.07) is 15.9. The molecule has 0 unspecified atom stereocenters. The monoisotopic (exact) mass is 482 g/mol. The van der Waals surface area contributed by atoms with Gasteiger partial charge in [0.25, 0.3) is 0 Å². The molecule has 0 bridgehead atoms. The first-order valence-corrected chi connectivity index (χ1v) is 11.1. The van der Waals surface area contributed by atoms with Crippen molar-refractivity contribution >= 4 is 29.2 Å². The average Bonchev–Trinajstić information content (AvgIpc) is 2.82. The molecule has 2 aromatic heterocycles. The molecule has 5 nitrogen and oxygen atoms in total. The molecule has 8 heteroatoms. The van der Waals surface area contributed by atoms with Crippen LogP contribution in [0.25, 0.3) is 22.5 Å². The number of aromatic nitrogens is 3. The van der Waals surface area contributed by atoms with Crippen LogP contribution in [-0.4, -0.2) is 21.6 Å². The van der Waals surface area contributed by atoms with Crippen LogP contribution in [0.5, 0.6) is 5.75 Å². The Labute approximate surface area is 201 Å². The SMILES string of the molecule is CCc1ccc(CCOc2ccc(-c3cc(-c4cc(F)c(Cl)cc4Cl)nc(N)n3)cc2)nc1. The molecule has 0 amide bonds. The molecule has 0 aliphatic heterocycles. The van der Waals surface area contributed by atoms with E-state index in [0.29, 0.717) is 23.6 Å². The van der Waals surface area contributed by atoms with Crippen LogP contribution in [0.3, 0.4) is 0 Å². The van der Waals surface area contributed by atoms with Crippen molar-refractivity contribution in [2.75, 3.05) is 12.3 Å². The van der Waals surface area contributed by atoms with Crippen LogP contribution in [0.2, 0.25) is 10.0 Å². The highest BCUT2D eigenvalue weighted by Gasteiger charge is 2.13. The molecule has 2 N–H and O–H groups in total. The minimum absolute atomic E-state index is 0.0517. The number of nitrogen functional groups attached to an aromatic ring is 1. The van der Waals surface area contributed by atoms with Gasteiger partial charge >= 0.3 is 0 Å². The van der Waals surface area contributed by atoms with E-state index in [-0.39, 0.29) is 16.0 Å². The molecular formula is C25H21Cl2FN4O. The van der Waals surface area contributed by atoms with Crippen molar-refractivity contribution in [1.29, 1.82) is 0 Å². The molecular weight excluding hydrogens is 462 g/mol. The highest BCUT2D eigenvalue weighted by atomic mass is 35.5. The van der Waals surface area contributed by atoms with Gasteiger partial charge in [-0.2, -0.15) is 0 Å². The third kappa shape index (κ3) is 5.59. The number of hydrogen-bond acceptors (Lipinski definition) is 5. The van der Waals surface area contributed by atoms with E-state index in [1.807, 2.05) is 36.5 Å². The Kier molecular flexibility index (Phi) is 7.06. The molecule has 2 heterocycles. The second-order valence-electron chi connectivity index (χ2n) is 7.38. The molecule has 0 radical (unpaired) electrons. The average molecular weight is 483 g/mol. The summed E-state index contributed by atoms with van der Waals surface area (Å²) in [4.78, 5) is 12.9. The van der Waals surface area contributed by atoms with Crippen molar-refractivity contribution in [3.05, 3.63) is 87.9 Å². The van der Waals surface area contributed by atoms with Crippen molar-refractivity contribution in [3.8, 4) is 28.3 Å². The maximum atomic E-state index is 14.0. The maximum absolute atomic E-state index is 14.0. The quantitative estimate of drug-likeness (QED) is 0.307. The number of rotatable bonds is 7. The summed E-state index contributed by atoms with van der Waals surface area (Å²) in [5.41, 5.74) is 10.3. The van der Waals surface area contributed by atoms with Crippen molar-refractivity contribution in [3.63, 3.8) is 0 Å². The van der Waals surface area contributed by atoms with Crippen LogP contribution in [0.15, 0.2) is 60.8 Å².